The molecule has 0 saturated heterocycles. The predicted octanol–water partition coefficient (Wildman–Crippen LogP) is 5.51. The van der Waals surface area contributed by atoms with Gasteiger partial charge in [0.2, 0.25) is 0 Å². The van der Waals surface area contributed by atoms with E-state index in [0.29, 0.717) is 0 Å². The minimum atomic E-state index is -1.43. The summed E-state index contributed by atoms with van der Waals surface area (Å²) < 4.78 is 3.81. The van der Waals surface area contributed by atoms with Crippen molar-refractivity contribution < 1.29 is 9.53 Å². The van der Waals surface area contributed by atoms with Gasteiger partial charge in [0.05, 0.1) is 6.42 Å². The van der Waals surface area contributed by atoms with Gasteiger partial charge in [-0.05, 0) is 11.0 Å². The monoisotopic (exact) mass is 370 g/mol. The Morgan fingerprint density at radius 2 is 1.76 bits per heavy atom. The van der Waals surface area contributed by atoms with Crippen LogP contribution in [0.15, 0.2) is 30.3 Å². The predicted molar refractivity (Wildman–Crippen MR) is 89.2 cm³/mol. The van der Waals surface area contributed by atoms with Crippen LogP contribution in [-0.4, -0.2) is 15.1 Å². The summed E-state index contributed by atoms with van der Waals surface area (Å²) in [6.45, 7) is 3.95. The molecule has 0 heterocycles. The van der Waals surface area contributed by atoms with Gasteiger partial charge in [0, 0.05) is 11.8 Å². The smallest absolute Gasteiger partial charge is 0.306 e. The van der Waals surface area contributed by atoms with Crippen LogP contribution in [-0.2, 0) is 16.1 Å². The maximum absolute atomic E-state index is 11.9. The van der Waals surface area contributed by atoms with Crippen molar-refractivity contribution >= 4 is 52.4 Å². The summed E-state index contributed by atoms with van der Waals surface area (Å²) in [5, 5.41) is -0.450. The number of halogens is 4. The van der Waals surface area contributed by atoms with E-state index in [1.54, 1.807) is 0 Å². The van der Waals surface area contributed by atoms with Crippen molar-refractivity contribution in [1.82, 2.24) is 0 Å². The third-order valence-corrected chi connectivity index (χ3v) is 4.31. The molecule has 0 radical (unpaired) electrons. The largest absolute Gasteiger partial charge is 0.461 e. The first-order chi connectivity index (χ1) is 9.60. The third kappa shape index (κ3) is 7.60. The molecule has 2 nitrogen and oxygen atoms in total. The van der Waals surface area contributed by atoms with Gasteiger partial charge in [-0.25, -0.2) is 0 Å². The van der Waals surface area contributed by atoms with Gasteiger partial charge in [0.25, 0.3) is 0 Å². The number of esters is 1. The maximum Gasteiger partial charge on any atom is 0.306 e. The highest BCUT2D eigenvalue weighted by molar-refractivity contribution is 6.67. The number of carbonyl (C=O) groups excluding carboxylic acids is 1. The van der Waals surface area contributed by atoms with E-state index in [1.165, 1.54) is 0 Å². The molecule has 1 aromatic rings. The lowest BCUT2D eigenvalue weighted by Crippen LogP contribution is -2.31. The van der Waals surface area contributed by atoms with Crippen molar-refractivity contribution in [2.24, 2.45) is 5.41 Å². The second-order valence-electron chi connectivity index (χ2n) is 5.60. The molecule has 1 atom stereocenters. The molecule has 6 heteroatoms. The number of hydrogen-bond donors (Lipinski definition) is 0. The first kappa shape index (κ1) is 18.9. The van der Waals surface area contributed by atoms with E-state index in [1.807, 2.05) is 44.2 Å². The van der Waals surface area contributed by atoms with Gasteiger partial charge < -0.3 is 4.74 Å². The molecule has 118 valence electrons. The van der Waals surface area contributed by atoms with E-state index in [2.05, 4.69) is 0 Å². The number of alkyl halides is 4. The van der Waals surface area contributed by atoms with Crippen molar-refractivity contribution in [1.29, 1.82) is 0 Å². The fourth-order valence-electron chi connectivity index (χ4n) is 1.75. The van der Waals surface area contributed by atoms with Crippen LogP contribution in [0.25, 0.3) is 0 Å². The Bertz CT molecular complexity index is 454. The number of hydrogen-bond acceptors (Lipinski definition) is 2. The highest BCUT2D eigenvalue weighted by Gasteiger charge is 2.36. The molecule has 0 aliphatic carbocycles. The average Bonchev–Trinajstić information content (AvgIpc) is 2.35. The van der Waals surface area contributed by atoms with Crippen LogP contribution in [0.4, 0.5) is 0 Å². The molecule has 0 aliphatic rings. The Kier molecular flexibility index (Phi) is 7.12. The van der Waals surface area contributed by atoms with E-state index in [-0.39, 0.29) is 25.4 Å². The summed E-state index contributed by atoms with van der Waals surface area (Å²) in [6, 6.07) is 9.48. The zero-order valence-corrected chi connectivity index (χ0v) is 14.9. The van der Waals surface area contributed by atoms with Crippen LogP contribution in [0.3, 0.4) is 0 Å². The number of ether oxygens (including phenoxy) is 1. The number of rotatable bonds is 6. The van der Waals surface area contributed by atoms with Gasteiger partial charge in [-0.3, -0.25) is 4.79 Å². The molecule has 0 fully saturated rings. The Balaban J connectivity index is 2.48. The number of carbonyl (C=O) groups is 1. The molecule has 1 aromatic carbocycles. The topological polar surface area (TPSA) is 26.3 Å². The van der Waals surface area contributed by atoms with Crippen molar-refractivity contribution in [2.75, 3.05) is 0 Å². The van der Waals surface area contributed by atoms with Gasteiger partial charge >= 0.3 is 5.97 Å². The lowest BCUT2D eigenvalue weighted by atomic mass is 9.84. The first-order valence-corrected chi connectivity index (χ1v) is 8.07. The van der Waals surface area contributed by atoms with Gasteiger partial charge in [0.1, 0.15) is 6.61 Å². The SMILES string of the molecule is CC(C)(CC(=O)OCc1ccccc1)C(Cl)CC(Cl)(Cl)Cl. The fourth-order valence-corrected chi connectivity index (χ4v) is 2.76. The number of benzene rings is 1. The summed E-state index contributed by atoms with van der Waals surface area (Å²) >= 11 is 23.5. The maximum atomic E-state index is 11.9. The van der Waals surface area contributed by atoms with E-state index in [4.69, 9.17) is 51.1 Å². The van der Waals surface area contributed by atoms with E-state index >= 15 is 0 Å². The minimum Gasteiger partial charge on any atom is -0.461 e. The normalized spacial score (nSPS) is 13.8. The molecule has 0 aliphatic heterocycles. The highest BCUT2D eigenvalue weighted by Crippen LogP contribution is 2.40. The molecule has 1 rings (SSSR count). The second kappa shape index (κ2) is 7.92. The Labute approximate surface area is 145 Å². The molecule has 0 saturated carbocycles. The van der Waals surface area contributed by atoms with Crippen LogP contribution in [0.5, 0.6) is 0 Å². The summed E-state index contributed by atoms with van der Waals surface area (Å²) in [6.07, 6.45) is 0.326. The van der Waals surface area contributed by atoms with Gasteiger partial charge in [-0.15, -0.1) is 11.6 Å². The quantitative estimate of drug-likeness (QED) is 0.486. The van der Waals surface area contributed by atoms with E-state index in [0.717, 1.165) is 5.56 Å². The Hall–Kier alpha value is -0.150. The van der Waals surface area contributed by atoms with Crippen LogP contribution >= 0.6 is 46.4 Å². The molecule has 0 spiro atoms. The third-order valence-electron chi connectivity index (χ3n) is 3.10. The van der Waals surface area contributed by atoms with Crippen molar-refractivity contribution in [3.63, 3.8) is 0 Å². The van der Waals surface area contributed by atoms with Crippen molar-refractivity contribution in [3.8, 4) is 0 Å². The molecule has 21 heavy (non-hydrogen) atoms. The highest BCUT2D eigenvalue weighted by atomic mass is 35.6. The summed E-state index contributed by atoms with van der Waals surface area (Å²) in [7, 11) is 0. The molecule has 0 N–H and O–H groups in total. The molecule has 0 bridgehead atoms. The Morgan fingerprint density at radius 1 is 1.19 bits per heavy atom. The molecule has 0 amide bonds. The summed E-state index contributed by atoms with van der Waals surface area (Å²) in [5.74, 6) is -0.321. The van der Waals surface area contributed by atoms with Crippen LogP contribution in [0.1, 0.15) is 32.3 Å². The fraction of sp³-hybridized carbons (Fsp3) is 0.533. The minimum absolute atomic E-state index is 0.161. The van der Waals surface area contributed by atoms with Gasteiger partial charge in [-0.1, -0.05) is 79.0 Å². The molecule has 1 unspecified atom stereocenters. The van der Waals surface area contributed by atoms with Crippen LogP contribution in [0, 0.1) is 5.41 Å². The van der Waals surface area contributed by atoms with Crippen molar-refractivity contribution in [2.45, 2.75) is 42.5 Å². The Morgan fingerprint density at radius 3 is 2.29 bits per heavy atom. The van der Waals surface area contributed by atoms with Crippen molar-refractivity contribution in [3.05, 3.63) is 35.9 Å². The van der Waals surface area contributed by atoms with Gasteiger partial charge in [-0.2, -0.15) is 0 Å². The summed E-state index contributed by atoms with van der Waals surface area (Å²) in [4.78, 5) is 11.9. The lowest BCUT2D eigenvalue weighted by Gasteiger charge is -2.31. The summed E-state index contributed by atoms with van der Waals surface area (Å²) in [5.41, 5.74) is 0.409. The standard InChI is InChI=1S/C15H18Cl4O2/c1-14(2,12(16)8-15(17,18)19)9-13(20)21-10-11-6-4-3-5-7-11/h3-7,12H,8-10H2,1-2H3. The lowest BCUT2D eigenvalue weighted by molar-refractivity contribution is -0.147. The molecular weight excluding hydrogens is 354 g/mol. The van der Waals surface area contributed by atoms with Gasteiger partial charge in [0.15, 0.2) is 3.79 Å². The van der Waals surface area contributed by atoms with Crippen LogP contribution in [0.2, 0.25) is 0 Å². The van der Waals surface area contributed by atoms with Crippen LogP contribution < -0.4 is 0 Å². The molecular formula is C15H18Cl4O2. The zero-order valence-electron chi connectivity index (χ0n) is 11.9. The second-order valence-corrected chi connectivity index (χ2v) is 8.64. The van der Waals surface area contributed by atoms with E-state index < -0.39 is 14.6 Å². The van der Waals surface area contributed by atoms with E-state index in [9.17, 15) is 4.79 Å². The first-order valence-electron chi connectivity index (χ1n) is 6.50. The zero-order chi connectivity index (χ0) is 16.1. The molecule has 0 aromatic heterocycles. The average molecular weight is 372 g/mol.